The van der Waals surface area contributed by atoms with Crippen molar-refractivity contribution in [2.45, 2.75) is 92.4 Å². The van der Waals surface area contributed by atoms with E-state index in [1.54, 1.807) is 19.9 Å². The van der Waals surface area contributed by atoms with Gasteiger partial charge in [0.1, 0.15) is 6.04 Å². The Morgan fingerprint density at radius 1 is 1.10 bits per heavy atom. The van der Waals surface area contributed by atoms with Crippen molar-refractivity contribution in [2.24, 2.45) is 17.3 Å². The highest BCUT2D eigenvalue weighted by Gasteiger charge is 2.34. The number of amides is 2. The summed E-state index contributed by atoms with van der Waals surface area (Å²) in [4.78, 5) is 48.6. The summed E-state index contributed by atoms with van der Waals surface area (Å²) < 4.78 is 5.18. The van der Waals surface area contributed by atoms with Gasteiger partial charge in [0, 0.05) is 6.54 Å². The molecule has 0 aliphatic heterocycles. The number of rotatable bonds is 16. The topological polar surface area (TPSA) is 142 Å². The fourth-order valence-electron chi connectivity index (χ4n) is 3.80. The predicted molar refractivity (Wildman–Crippen MR) is 150 cm³/mol. The lowest BCUT2D eigenvalue weighted by Crippen LogP contribution is -2.48. The van der Waals surface area contributed by atoms with Gasteiger partial charge < -0.3 is 25.6 Å². The van der Waals surface area contributed by atoms with Crippen molar-refractivity contribution in [3.05, 3.63) is 47.5 Å². The van der Waals surface area contributed by atoms with E-state index in [4.69, 9.17) is 4.74 Å². The van der Waals surface area contributed by atoms with Gasteiger partial charge in [-0.05, 0) is 76.9 Å². The molecule has 9 heteroatoms. The van der Waals surface area contributed by atoms with Crippen LogP contribution in [0.2, 0.25) is 0 Å². The summed E-state index contributed by atoms with van der Waals surface area (Å²) in [7, 11) is 0. The first-order chi connectivity index (χ1) is 18.1. The average Bonchev–Trinajstić information content (AvgIpc) is 2.84. The molecule has 0 aliphatic carbocycles. The van der Waals surface area contributed by atoms with E-state index < -0.39 is 47.4 Å². The second-order valence-electron chi connectivity index (χ2n) is 11.4. The summed E-state index contributed by atoms with van der Waals surface area (Å²) >= 11 is 0. The first-order valence-electron chi connectivity index (χ1n) is 13.5. The van der Waals surface area contributed by atoms with Gasteiger partial charge in [-0.3, -0.25) is 14.4 Å². The van der Waals surface area contributed by atoms with Crippen LogP contribution < -0.4 is 10.6 Å². The van der Waals surface area contributed by atoms with E-state index >= 15 is 0 Å². The number of aliphatic hydroxyl groups excluding tert-OH is 1. The predicted octanol–water partition coefficient (Wildman–Crippen LogP) is 3.56. The zero-order valence-electron chi connectivity index (χ0n) is 24.3. The number of hydrogen-bond acceptors (Lipinski definition) is 6. The number of carboxylic acid groups (broad SMARTS) is 1. The Kier molecular flexibility index (Phi) is 13.9. The molecule has 0 spiro atoms. The van der Waals surface area contributed by atoms with Crippen molar-refractivity contribution in [2.75, 3.05) is 6.54 Å². The van der Waals surface area contributed by atoms with Gasteiger partial charge in [-0.25, -0.2) is 4.79 Å². The quantitative estimate of drug-likeness (QED) is 0.183. The van der Waals surface area contributed by atoms with Crippen molar-refractivity contribution in [1.29, 1.82) is 0 Å². The number of esters is 1. The van der Waals surface area contributed by atoms with Crippen LogP contribution in [0, 0.1) is 24.2 Å². The molecule has 0 aromatic heterocycles. The van der Waals surface area contributed by atoms with Crippen LogP contribution in [0.4, 0.5) is 0 Å². The molecular formula is C30H46N2O7. The third kappa shape index (κ3) is 12.9. The van der Waals surface area contributed by atoms with Crippen LogP contribution in [0.3, 0.4) is 0 Å². The van der Waals surface area contributed by atoms with E-state index in [0.29, 0.717) is 19.3 Å². The fourth-order valence-corrected chi connectivity index (χ4v) is 3.80. The number of hydrogen-bond donors (Lipinski definition) is 4. The average molecular weight is 547 g/mol. The van der Waals surface area contributed by atoms with Crippen LogP contribution in [0.1, 0.15) is 71.9 Å². The van der Waals surface area contributed by atoms with Gasteiger partial charge in [-0.2, -0.15) is 0 Å². The van der Waals surface area contributed by atoms with Gasteiger partial charge in [0.15, 0.2) is 6.10 Å². The van der Waals surface area contributed by atoms with Crippen molar-refractivity contribution >= 4 is 23.8 Å². The number of aliphatic carboxylic acids is 1. The number of ether oxygens (including phenoxy) is 1. The summed E-state index contributed by atoms with van der Waals surface area (Å²) in [6.07, 6.45) is 3.42. The lowest BCUT2D eigenvalue weighted by molar-refractivity contribution is -0.171. The van der Waals surface area contributed by atoms with E-state index in [2.05, 4.69) is 16.7 Å². The van der Waals surface area contributed by atoms with Gasteiger partial charge in [0.2, 0.25) is 11.8 Å². The number of carbonyl (C=O) groups excluding carboxylic acids is 3. The molecule has 39 heavy (non-hydrogen) atoms. The Balaban J connectivity index is 2.45. The minimum atomic E-state index is -1.25. The van der Waals surface area contributed by atoms with Crippen LogP contribution in [-0.4, -0.2) is 58.8 Å². The Morgan fingerprint density at radius 3 is 2.36 bits per heavy atom. The van der Waals surface area contributed by atoms with Crippen molar-refractivity contribution < 1.29 is 34.1 Å². The van der Waals surface area contributed by atoms with Gasteiger partial charge in [0.05, 0.1) is 11.5 Å². The number of nitrogens with one attached hydrogen (secondary N) is 2. The first-order valence-corrected chi connectivity index (χ1v) is 13.5. The van der Waals surface area contributed by atoms with E-state index in [9.17, 15) is 29.4 Å². The fraction of sp³-hybridized carbons (Fsp3) is 0.600. The molecule has 1 rings (SSSR count). The monoisotopic (exact) mass is 546 g/mol. The molecule has 0 saturated carbocycles. The number of allylic oxidation sites excluding steroid dienone is 1. The molecule has 0 heterocycles. The van der Waals surface area contributed by atoms with Crippen LogP contribution in [0.25, 0.3) is 0 Å². The molecule has 1 aromatic carbocycles. The third-order valence-electron chi connectivity index (χ3n) is 6.46. The van der Waals surface area contributed by atoms with Crippen LogP contribution in [0.5, 0.6) is 0 Å². The number of benzene rings is 1. The van der Waals surface area contributed by atoms with E-state index in [1.165, 1.54) is 13.0 Å². The lowest BCUT2D eigenvalue weighted by Gasteiger charge is -2.26. The maximum atomic E-state index is 12.5. The molecule has 4 N–H and O–H groups in total. The second kappa shape index (κ2) is 16.0. The van der Waals surface area contributed by atoms with Crippen LogP contribution >= 0.6 is 0 Å². The molecule has 2 amide bonds. The Hall–Kier alpha value is -3.20. The zero-order chi connectivity index (χ0) is 29.8. The van der Waals surface area contributed by atoms with Crippen LogP contribution in [0.15, 0.2) is 36.4 Å². The highest BCUT2D eigenvalue weighted by Crippen LogP contribution is 2.20. The summed E-state index contributed by atoms with van der Waals surface area (Å²) in [6.45, 7) is 12.2. The molecule has 9 nitrogen and oxygen atoms in total. The van der Waals surface area contributed by atoms with Gasteiger partial charge >= 0.3 is 11.9 Å². The number of carbonyl (C=O) groups is 4. The Morgan fingerprint density at radius 2 is 1.77 bits per heavy atom. The minimum absolute atomic E-state index is 0.0271. The highest BCUT2D eigenvalue weighted by molar-refractivity contribution is 5.92. The van der Waals surface area contributed by atoms with Gasteiger partial charge in [-0.15, -0.1) is 0 Å². The van der Waals surface area contributed by atoms with Gasteiger partial charge in [0.25, 0.3) is 0 Å². The Labute approximate surface area is 232 Å². The molecule has 218 valence electrons. The van der Waals surface area contributed by atoms with Crippen LogP contribution in [-0.2, 0) is 30.3 Å². The summed E-state index contributed by atoms with van der Waals surface area (Å²) in [6, 6.07) is 7.21. The molecule has 1 aromatic rings. The lowest BCUT2D eigenvalue weighted by atomic mass is 9.93. The summed E-state index contributed by atoms with van der Waals surface area (Å²) in [5.41, 5.74) is 1.08. The number of aryl methyl sites for hydroxylation is 1. The molecule has 0 bridgehead atoms. The first kappa shape index (κ1) is 33.8. The second-order valence-corrected chi connectivity index (χ2v) is 11.4. The maximum Gasteiger partial charge on any atom is 0.345 e. The van der Waals surface area contributed by atoms with Gasteiger partial charge in [-0.1, -0.05) is 56.7 Å². The number of aliphatic hydroxyl groups is 1. The minimum Gasteiger partial charge on any atom is -0.479 e. The smallest absolute Gasteiger partial charge is 0.345 e. The summed E-state index contributed by atoms with van der Waals surface area (Å²) in [5.74, 6) is -2.78. The molecule has 0 radical (unpaired) electrons. The van der Waals surface area contributed by atoms with E-state index in [1.807, 2.05) is 45.9 Å². The third-order valence-corrected chi connectivity index (χ3v) is 6.46. The highest BCUT2D eigenvalue weighted by atomic mass is 16.6. The molecule has 4 atom stereocenters. The maximum absolute atomic E-state index is 12.5. The van der Waals surface area contributed by atoms with E-state index in [0.717, 1.165) is 11.1 Å². The molecule has 0 saturated heterocycles. The molecule has 4 unspecified atom stereocenters. The number of carboxylic acids is 1. The molecular weight excluding hydrogens is 500 g/mol. The van der Waals surface area contributed by atoms with Crippen molar-refractivity contribution in [3.8, 4) is 0 Å². The van der Waals surface area contributed by atoms with Crippen molar-refractivity contribution in [1.82, 2.24) is 10.6 Å². The zero-order valence-corrected chi connectivity index (χ0v) is 24.3. The standard InChI is InChI=1S/C30H46N2O7/c1-19(2)15-25(28(36)37)39-29(38)30(6,7)18-31-27(35)22(5)32-26(34)14-9-8-12-21(4)24(33)17-23-13-10-11-20(3)16-23/h9-11,13-14,16,19,21-22,24-25,33H,8,12,15,17-18H2,1-7H3,(H,31,35)(H,32,34)(H,36,37)/b14-9+. The summed E-state index contributed by atoms with van der Waals surface area (Å²) in [5, 5.41) is 25.0. The normalized spacial score (nSPS) is 14.9. The largest absolute Gasteiger partial charge is 0.479 e. The molecule has 0 fully saturated rings. The van der Waals surface area contributed by atoms with Crippen molar-refractivity contribution in [3.63, 3.8) is 0 Å². The molecule has 0 aliphatic rings. The SMILES string of the molecule is Cc1cccc(CC(O)C(C)CC/C=C/C(=O)NC(C)C(=O)NCC(C)(C)C(=O)OC(CC(C)C)C(=O)O)c1. The Bertz CT molecular complexity index is 1000. The van der Waals surface area contributed by atoms with E-state index in [-0.39, 0.29) is 24.8 Å².